The summed E-state index contributed by atoms with van der Waals surface area (Å²) in [6.07, 6.45) is -1.43. The first-order valence-electron chi connectivity index (χ1n) is 4.13. The molecular weight excluding hydrogens is 315 g/mol. The maximum absolute atomic E-state index is 12.6. The highest BCUT2D eigenvalue weighted by Crippen LogP contribution is 2.26. The SMILES string of the molecule is N#CCc1c(I)ncc(C(F)F)c1CN. The lowest BCUT2D eigenvalue weighted by atomic mass is 10.0. The van der Waals surface area contributed by atoms with Gasteiger partial charge in [-0.3, -0.25) is 0 Å². The predicted molar refractivity (Wildman–Crippen MR) is 59.1 cm³/mol. The minimum absolute atomic E-state index is 0.00475. The van der Waals surface area contributed by atoms with E-state index in [2.05, 4.69) is 4.98 Å². The van der Waals surface area contributed by atoms with E-state index in [0.29, 0.717) is 14.8 Å². The minimum Gasteiger partial charge on any atom is -0.326 e. The van der Waals surface area contributed by atoms with Gasteiger partial charge in [-0.15, -0.1) is 0 Å². The fourth-order valence-corrected chi connectivity index (χ4v) is 1.92. The van der Waals surface area contributed by atoms with Crippen LogP contribution in [0.5, 0.6) is 0 Å². The highest BCUT2D eigenvalue weighted by atomic mass is 127. The van der Waals surface area contributed by atoms with Gasteiger partial charge in [0.2, 0.25) is 0 Å². The van der Waals surface area contributed by atoms with Crippen LogP contribution in [0, 0.1) is 15.0 Å². The Kier molecular flexibility index (Phi) is 4.35. The van der Waals surface area contributed by atoms with E-state index in [9.17, 15) is 8.78 Å². The lowest BCUT2D eigenvalue weighted by Gasteiger charge is -2.11. The summed E-state index contributed by atoms with van der Waals surface area (Å²) in [6.45, 7) is -0.00475. The Morgan fingerprint density at radius 3 is 2.67 bits per heavy atom. The van der Waals surface area contributed by atoms with Gasteiger partial charge in [-0.1, -0.05) is 0 Å². The van der Waals surface area contributed by atoms with Crippen LogP contribution < -0.4 is 5.73 Å². The topological polar surface area (TPSA) is 62.7 Å². The second-order valence-corrected chi connectivity index (χ2v) is 3.82. The van der Waals surface area contributed by atoms with Crippen LogP contribution in [-0.4, -0.2) is 4.98 Å². The molecule has 0 spiro atoms. The molecule has 15 heavy (non-hydrogen) atoms. The molecule has 1 aromatic heterocycles. The smallest absolute Gasteiger partial charge is 0.265 e. The van der Waals surface area contributed by atoms with Crippen molar-refractivity contribution < 1.29 is 8.78 Å². The molecule has 0 aromatic carbocycles. The van der Waals surface area contributed by atoms with Crippen LogP contribution in [0.3, 0.4) is 0 Å². The third kappa shape index (κ3) is 2.60. The lowest BCUT2D eigenvalue weighted by Crippen LogP contribution is -2.09. The second-order valence-electron chi connectivity index (χ2n) is 2.80. The van der Waals surface area contributed by atoms with E-state index in [1.165, 1.54) is 0 Å². The molecule has 6 heteroatoms. The number of alkyl halides is 2. The van der Waals surface area contributed by atoms with Gasteiger partial charge >= 0.3 is 0 Å². The first-order valence-corrected chi connectivity index (χ1v) is 5.21. The summed E-state index contributed by atoms with van der Waals surface area (Å²) < 4.78 is 25.7. The van der Waals surface area contributed by atoms with Crippen LogP contribution in [0.15, 0.2) is 6.20 Å². The summed E-state index contributed by atoms with van der Waals surface area (Å²) >= 11 is 1.91. The zero-order valence-electron chi connectivity index (χ0n) is 7.67. The normalized spacial score (nSPS) is 10.4. The molecule has 0 aliphatic heterocycles. The predicted octanol–water partition coefficient (Wildman–Crippen LogP) is 2.15. The molecule has 0 saturated heterocycles. The van der Waals surface area contributed by atoms with Gasteiger partial charge in [0.1, 0.15) is 3.70 Å². The van der Waals surface area contributed by atoms with E-state index < -0.39 is 6.43 Å². The zero-order valence-corrected chi connectivity index (χ0v) is 9.83. The lowest BCUT2D eigenvalue weighted by molar-refractivity contribution is 0.149. The summed E-state index contributed by atoms with van der Waals surface area (Å²) in [5, 5.41) is 8.58. The second kappa shape index (κ2) is 5.32. The standard InChI is InChI=1S/C9H8F2IN3/c10-8(11)7-4-15-9(12)5(1-2-13)6(7)3-14/h4,8H,1,3,14H2. The van der Waals surface area contributed by atoms with Gasteiger partial charge in [0, 0.05) is 23.9 Å². The fraction of sp³-hybridized carbons (Fsp3) is 0.333. The van der Waals surface area contributed by atoms with Gasteiger partial charge in [0.25, 0.3) is 6.43 Å². The Balaban J connectivity index is 3.34. The van der Waals surface area contributed by atoms with Gasteiger partial charge in [-0.2, -0.15) is 5.26 Å². The zero-order chi connectivity index (χ0) is 11.4. The number of rotatable bonds is 3. The average Bonchev–Trinajstić information content (AvgIpc) is 2.20. The number of pyridine rings is 1. The summed E-state index contributed by atoms with van der Waals surface area (Å²) in [5.74, 6) is 0. The molecule has 0 aliphatic rings. The number of hydrogen-bond donors (Lipinski definition) is 1. The number of aromatic nitrogens is 1. The van der Waals surface area contributed by atoms with E-state index >= 15 is 0 Å². The summed E-state index contributed by atoms with van der Waals surface area (Å²) in [6, 6.07) is 1.92. The molecule has 1 rings (SSSR count). The van der Waals surface area contributed by atoms with Crippen LogP contribution in [0.1, 0.15) is 23.1 Å². The molecule has 1 aromatic rings. The maximum Gasteiger partial charge on any atom is 0.265 e. The quantitative estimate of drug-likeness (QED) is 0.685. The van der Waals surface area contributed by atoms with Gasteiger partial charge in [0.05, 0.1) is 12.5 Å². The van der Waals surface area contributed by atoms with Crippen molar-refractivity contribution in [2.75, 3.05) is 0 Å². The van der Waals surface area contributed by atoms with Crippen molar-refractivity contribution in [1.29, 1.82) is 5.26 Å². The maximum atomic E-state index is 12.6. The van der Waals surface area contributed by atoms with Crippen molar-refractivity contribution in [2.45, 2.75) is 19.4 Å². The van der Waals surface area contributed by atoms with E-state index in [1.54, 1.807) is 0 Å². The number of nitrogens with zero attached hydrogens (tertiary/aromatic N) is 2. The monoisotopic (exact) mass is 323 g/mol. The molecule has 1 heterocycles. The van der Waals surface area contributed by atoms with Crippen molar-refractivity contribution in [3.8, 4) is 6.07 Å². The summed E-state index contributed by atoms with van der Waals surface area (Å²) in [5.41, 5.74) is 6.09. The Morgan fingerprint density at radius 2 is 2.20 bits per heavy atom. The first-order chi connectivity index (χ1) is 7.11. The summed E-state index contributed by atoms with van der Waals surface area (Å²) in [7, 11) is 0. The van der Waals surface area contributed by atoms with E-state index in [-0.39, 0.29) is 18.5 Å². The van der Waals surface area contributed by atoms with E-state index in [0.717, 1.165) is 6.20 Å². The molecule has 2 N–H and O–H groups in total. The van der Waals surface area contributed by atoms with Crippen LogP contribution in [-0.2, 0) is 13.0 Å². The van der Waals surface area contributed by atoms with Crippen molar-refractivity contribution in [3.63, 3.8) is 0 Å². The Morgan fingerprint density at radius 1 is 1.53 bits per heavy atom. The van der Waals surface area contributed by atoms with Crippen molar-refractivity contribution >= 4 is 22.6 Å². The number of nitrogens with two attached hydrogens (primary N) is 1. The number of halogens is 3. The first kappa shape index (κ1) is 12.3. The van der Waals surface area contributed by atoms with Crippen molar-refractivity contribution in [2.24, 2.45) is 5.73 Å². The van der Waals surface area contributed by atoms with Crippen LogP contribution in [0.2, 0.25) is 0 Å². The molecule has 80 valence electrons. The molecule has 0 bridgehead atoms. The fourth-order valence-electron chi connectivity index (χ4n) is 1.27. The molecule has 0 fully saturated rings. The van der Waals surface area contributed by atoms with Crippen LogP contribution >= 0.6 is 22.6 Å². The molecule has 3 nitrogen and oxygen atoms in total. The highest BCUT2D eigenvalue weighted by Gasteiger charge is 2.18. The molecular formula is C9H8F2IN3. The number of hydrogen-bond acceptors (Lipinski definition) is 3. The van der Waals surface area contributed by atoms with Gasteiger partial charge in [-0.25, -0.2) is 13.8 Å². The van der Waals surface area contributed by atoms with Gasteiger partial charge in [0.15, 0.2) is 0 Å². The number of nitriles is 1. The average molecular weight is 323 g/mol. The molecule has 0 unspecified atom stereocenters. The Hall–Kier alpha value is -0.810. The largest absolute Gasteiger partial charge is 0.326 e. The van der Waals surface area contributed by atoms with E-state index in [1.807, 2.05) is 28.7 Å². The van der Waals surface area contributed by atoms with Gasteiger partial charge < -0.3 is 5.73 Å². The molecule has 0 saturated carbocycles. The molecule has 0 aliphatic carbocycles. The molecule has 0 radical (unpaired) electrons. The van der Waals surface area contributed by atoms with Crippen LogP contribution in [0.4, 0.5) is 8.78 Å². The van der Waals surface area contributed by atoms with Gasteiger partial charge in [-0.05, 0) is 28.2 Å². The summed E-state index contributed by atoms with van der Waals surface area (Å²) in [4.78, 5) is 3.83. The highest BCUT2D eigenvalue weighted by molar-refractivity contribution is 14.1. The minimum atomic E-state index is -2.61. The Bertz CT molecular complexity index is 401. The van der Waals surface area contributed by atoms with Crippen LogP contribution in [0.25, 0.3) is 0 Å². The van der Waals surface area contributed by atoms with E-state index in [4.69, 9.17) is 11.0 Å². The molecule has 0 atom stereocenters. The van der Waals surface area contributed by atoms with Crippen molar-refractivity contribution in [1.82, 2.24) is 4.98 Å². The third-order valence-corrected chi connectivity index (χ3v) is 2.90. The Labute approximate surface area is 99.4 Å². The van der Waals surface area contributed by atoms with Crippen molar-refractivity contribution in [3.05, 3.63) is 26.6 Å². The third-order valence-electron chi connectivity index (χ3n) is 1.97. The molecule has 0 amide bonds.